The Morgan fingerprint density at radius 3 is 2.50 bits per heavy atom. The second-order valence-electron chi connectivity index (χ2n) is 2.62. The van der Waals surface area contributed by atoms with E-state index >= 15 is 0 Å². The van der Waals surface area contributed by atoms with E-state index in [0.29, 0.717) is 0 Å². The molecule has 0 aliphatic carbocycles. The highest BCUT2D eigenvalue weighted by Gasteiger charge is 2.34. The zero-order valence-electron chi connectivity index (χ0n) is 7.94. The standard InChI is InChI=1S/C8H6F4INO2/c1-15-7-5(13)6(16-8(10,11)12)4(2-9)3-14-7/h3H,2H2,1H3. The summed E-state index contributed by atoms with van der Waals surface area (Å²) in [6.07, 6.45) is -3.93. The Hall–Kier alpha value is -0.800. The first-order valence-corrected chi connectivity index (χ1v) is 5.00. The van der Waals surface area contributed by atoms with Crippen LogP contribution in [0.25, 0.3) is 0 Å². The number of methoxy groups -OCH3 is 1. The Labute approximate surface area is 102 Å². The number of alkyl halides is 4. The zero-order valence-corrected chi connectivity index (χ0v) is 10.1. The van der Waals surface area contributed by atoms with Crippen LogP contribution >= 0.6 is 22.6 Å². The van der Waals surface area contributed by atoms with Gasteiger partial charge in [-0.15, -0.1) is 13.2 Å². The van der Waals surface area contributed by atoms with Crippen molar-refractivity contribution in [1.29, 1.82) is 0 Å². The molecule has 1 aromatic heterocycles. The average molecular weight is 351 g/mol. The van der Waals surface area contributed by atoms with Gasteiger partial charge in [0, 0.05) is 11.8 Å². The minimum absolute atomic E-state index is 0.0208. The summed E-state index contributed by atoms with van der Waals surface area (Å²) in [7, 11) is 1.25. The van der Waals surface area contributed by atoms with Crippen molar-refractivity contribution in [1.82, 2.24) is 4.98 Å². The van der Waals surface area contributed by atoms with Gasteiger partial charge in [-0.3, -0.25) is 0 Å². The lowest BCUT2D eigenvalue weighted by Gasteiger charge is -2.14. The summed E-state index contributed by atoms with van der Waals surface area (Å²) >= 11 is 1.55. The predicted molar refractivity (Wildman–Crippen MR) is 55.0 cm³/mol. The van der Waals surface area contributed by atoms with Gasteiger partial charge in [-0.05, 0) is 22.6 Å². The van der Waals surface area contributed by atoms with E-state index < -0.39 is 18.8 Å². The summed E-state index contributed by atoms with van der Waals surface area (Å²) in [5.41, 5.74) is -0.275. The number of nitrogens with zero attached hydrogens (tertiary/aromatic N) is 1. The van der Waals surface area contributed by atoms with Gasteiger partial charge in [0.15, 0.2) is 5.75 Å². The Bertz CT molecular complexity index is 383. The molecule has 1 heterocycles. The lowest BCUT2D eigenvalue weighted by atomic mass is 10.3. The van der Waals surface area contributed by atoms with Crippen LogP contribution in [0.15, 0.2) is 6.20 Å². The van der Waals surface area contributed by atoms with E-state index in [1.165, 1.54) is 7.11 Å². The monoisotopic (exact) mass is 351 g/mol. The molecule has 0 aliphatic rings. The molecule has 0 saturated carbocycles. The van der Waals surface area contributed by atoms with Crippen molar-refractivity contribution in [2.75, 3.05) is 7.11 Å². The van der Waals surface area contributed by atoms with Crippen molar-refractivity contribution in [2.24, 2.45) is 0 Å². The number of ether oxygens (including phenoxy) is 2. The highest BCUT2D eigenvalue weighted by atomic mass is 127. The average Bonchev–Trinajstić information content (AvgIpc) is 2.19. The van der Waals surface area contributed by atoms with E-state index in [1.54, 1.807) is 22.6 Å². The number of hydrogen-bond acceptors (Lipinski definition) is 3. The Kier molecular flexibility index (Phi) is 4.16. The van der Waals surface area contributed by atoms with Crippen LogP contribution in [-0.2, 0) is 6.67 Å². The topological polar surface area (TPSA) is 31.4 Å². The van der Waals surface area contributed by atoms with Gasteiger partial charge in [0.2, 0.25) is 5.88 Å². The summed E-state index contributed by atoms with van der Waals surface area (Å²) in [4.78, 5) is 3.64. The van der Waals surface area contributed by atoms with E-state index in [1.807, 2.05) is 0 Å². The molecule has 1 rings (SSSR count). The molecule has 0 unspecified atom stereocenters. The molecule has 0 N–H and O–H groups in total. The van der Waals surface area contributed by atoms with Gasteiger partial charge in [0.05, 0.1) is 7.11 Å². The van der Waals surface area contributed by atoms with Crippen molar-refractivity contribution < 1.29 is 27.0 Å². The summed E-state index contributed by atoms with van der Waals surface area (Å²) < 4.78 is 57.1. The predicted octanol–water partition coefficient (Wildman–Crippen LogP) is 3.06. The van der Waals surface area contributed by atoms with Crippen molar-refractivity contribution >= 4 is 22.6 Å². The molecular weight excluding hydrogens is 345 g/mol. The van der Waals surface area contributed by atoms with Crippen LogP contribution in [0, 0.1) is 3.57 Å². The normalized spacial score (nSPS) is 11.4. The zero-order chi connectivity index (χ0) is 12.3. The van der Waals surface area contributed by atoms with Crippen LogP contribution in [0.2, 0.25) is 0 Å². The van der Waals surface area contributed by atoms with Crippen LogP contribution in [0.5, 0.6) is 11.6 Å². The molecule has 0 bridgehead atoms. The van der Waals surface area contributed by atoms with Crippen molar-refractivity contribution in [3.63, 3.8) is 0 Å². The van der Waals surface area contributed by atoms with Crippen molar-refractivity contribution in [3.05, 3.63) is 15.3 Å². The second-order valence-corrected chi connectivity index (χ2v) is 3.70. The quantitative estimate of drug-likeness (QED) is 0.620. The highest BCUT2D eigenvalue weighted by Crippen LogP contribution is 2.35. The molecule has 0 fully saturated rings. The maximum absolute atomic E-state index is 12.4. The molecule has 0 atom stereocenters. The van der Waals surface area contributed by atoms with Crippen LogP contribution in [0.4, 0.5) is 17.6 Å². The number of halogens is 5. The molecule has 1 aromatic rings. The van der Waals surface area contributed by atoms with Gasteiger partial charge in [-0.1, -0.05) is 0 Å². The molecule has 16 heavy (non-hydrogen) atoms. The van der Waals surface area contributed by atoms with E-state index in [9.17, 15) is 17.6 Å². The highest BCUT2D eigenvalue weighted by molar-refractivity contribution is 14.1. The van der Waals surface area contributed by atoms with Crippen molar-refractivity contribution in [3.8, 4) is 11.6 Å². The summed E-state index contributed by atoms with van der Waals surface area (Å²) in [6.45, 7) is -1.10. The molecule has 0 saturated heterocycles. The van der Waals surface area contributed by atoms with Gasteiger partial charge in [0.1, 0.15) is 10.2 Å². The minimum atomic E-state index is -4.88. The number of aromatic nitrogens is 1. The summed E-state index contributed by atoms with van der Waals surface area (Å²) in [5.74, 6) is -0.653. The molecular formula is C8H6F4INO2. The van der Waals surface area contributed by atoms with Gasteiger partial charge >= 0.3 is 6.36 Å². The minimum Gasteiger partial charge on any atom is -0.480 e. The Balaban J connectivity index is 3.21. The van der Waals surface area contributed by atoms with Gasteiger partial charge in [-0.2, -0.15) is 0 Å². The van der Waals surface area contributed by atoms with Crippen LogP contribution in [-0.4, -0.2) is 18.5 Å². The van der Waals surface area contributed by atoms with Crippen LogP contribution in [0.3, 0.4) is 0 Å². The van der Waals surface area contributed by atoms with Crippen LogP contribution < -0.4 is 9.47 Å². The van der Waals surface area contributed by atoms with E-state index in [0.717, 1.165) is 6.20 Å². The van der Waals surface area contributed by atoms with E-state index in [2.05, 4.69) is 9.72 Å². The largest absolute Gasteiger partial charge is 0.573 e. The maximum Gasteiger partial charge on any atom is 0.573 e. The molecule has 0 amide bonds. The molecule has 8 heteroatoms. The lowest BCUT2D eigenvalue weighted by molar-refractivity contribution is -0.275. The Morgan fingerprint density at radius 2 is 2.06 bits per heavy atom. The number of hydrogen-bond donors (Lipinski definition) is 0. The fourth-order valence-electron chi connectivity index (χ4n) is 0.954. The second kappa shape index (κ2) is 5.02. The van der Waals surface area contributed by atoms with Gasteiger partial charge in [0.25, 0.3) is 0 Å². The van der Waals surface area contributed by atoms with Gasteiger partial charge < -0.3 is 9.47 Å². The lowest BCUT2D eigenvalue weighted by Crippen LogP contribution is -2.19. The molecule has 90 valence electrons. The molecule has 0 radical (unpaired) electrons. The molecule has 0 aromatic carbocycles. The summed E-state index contributed by atoms with van der Waals surface area (Å²) in [6, 6.07) is 0. The molecule has 3 nitrogen and oxygen atoms in total. The molecule has 0 spiro atoms. The fraction of sp³-hybridized carbons (Fsp3) is 0.375. The van der Waals surface area contributed by atoms with Gasteiger partial charge in [-0.25, -0.2) is 9.37 Å². The maximum atomic E-state index is 12.4. The van der Waals surface area contributed by atoms with E-state index in [-0.39, 0.29) is 15.0 Å². The van der Waals surface area contributed by atoms with Crippen LogP contribution in [0.1, 0.15) is 5.56 Å². The fourth-order valence-corrected chi connectivity index (χ4v) is 1.77. The third-order valence-corrected chi connectivity index (χ3v) is 2.52. The first-order valence-electron chi connectivity index (χ1n) is 3.92. The number of pyridine rings is 1. The Morgan fingerprint density at radius 1 is 1.44 bits per heavy atom. The van der Waals surface area contributed by atoms with E-state index in [4.69, 9.17) is 4.74 Å². The summed E-state index contributed by atoms with van der Waals surface area (Å²) in [5, 5.41) is 0. The smallest absolute Gasteiger partial charge is 0.480 e. The third kappa shape index (κ3) is 3.09. The van der Waals surface area contributed by atoms with Crippen molar-refractivity contribution in [2.45, 2.75) is 13.0 Å². The molecule has 0 aliphatic heterocycles. The SMILES string of the molecule is COc1ncc(CF)c(OC(F)(F)F)c1I. The first kappa shape index (κ1) is 13.3. The first-order chi connectivity index (χ1) is 7.39. The number of rotatable bonds is 3. The third-order valence-electron chi connectivity index (χ3n) is 1.57.